The molecule has 4 aromatic rings. The Bertz CT molecular complexity index is 1680. The molecule has 43 heavy (non-hydrogen) atoms. The molecule has 0 unspecified atom stereocenters. The molecule has 1 atom stereocenters. The van der Waals surface area contributed by atoms with Gasteiger partial charge in [-0.1, -0.05) is 78.4 Å². The lowest BCUT2D eigenvalue weighted by molar-refractivity contribution is -0.137. The summed E-state index contributed by atoms with van der Waals surface area (Å²) in [5.41, 5.74) is 6.76. The molecule has 3 amide bonds. The zero-order chi connectivity index (χ0) is 30.1. The van der Waals surface area contributed by atoms with Gasteiger partial charge in [0.05, 0.1) is 22.4 Å². The molecule has 1 saturated heterocycles. The molecule has 0 N–H and O–H groups in total. The second kappa shape index (κ2) is 12.1. The van der Waals surface area contributed by atoms with Gasteiger partial charge in [-0.25, -0.2) is 4.68 Å². The fourth-order valence-corrected chi connectivity index (χ4v) is 7.09. The number of amides is 3. The van der Waals surface area contributed by atoms with E-state index in [4.69, 9.17) is 5.10 Å². The predicted octanol–water partition coefficient (Wildman–Crippen LogP) is 5.02. The molecule has 3 aromatic carbocycles. The van der Waals surface area contributed by atoms with Crippen molar-refractivity contribution in [3.63, 3.8) is 0 Å². The summed E-state index contributed by atoms with van der Waals surface area (Å²) in [6.07, 6.45) is 0. The molecular weight excluding hydrogens is 558 g/mol. The summed E-state index contributed by atoms with van der Waals surface area (Å²) in [6.45, 7) is 7.42. The fourth-order valence-electron chi connectivity index (χ4n) is 5.90. The maximum Gasteiger partial charge on any atom is 0.242 e. The number of aryl methyl sites for hydroxylation is 2. The van der Waals surface area contributed by atoms with Crippen molar-refractivity contribution in [1.82, 2.24) is 19.6 Å². The highest BCUT2D eigenvalue weighted by Gasteiger charge is 2.38. The van der Waals surface area contributed by atoms with Crippen LogP contribution in [0.3, 0.4) is 0 Å². The minimum absolute atomic E-state index is 0.00854. The van der Waals surface area contributed by atoms with Gasteiger partial charge < -0.3 is 9.80 Å². The van der Waals surface area contributed by atoms with Gasteiger partial charge in [0.2, 0.25) is 17.7 Å². The maximum atomic E-state index is 14.0. The summed E-state index contributed by atoms with van der Waals surface area (Å²) >= 11 is 1.57. The van der Waals surface area contributed by atoms with E-state index < -0.39 is 0 Å². The van der Waals surface area contributed by atoms with Crippen LogP contribution in [0, 0.1) is 13.8 Å². The lowest BCUT2D eigenvalue weighted by Gasteiger charge is -2.35. The third kappa shape index (κ3) is 5.69. The number of hydrogen-bond donors (Lipinski definition) is 0. The van der Waals surface area contributed by atoms with Gasteiger partial charge in [-0.15, -0.1) is 11.8 Å². The van der Waals surface area contributed by atoms with Gasteiger partial charge in [-0.2, -0.15) is 5.10 Å². The molecule has 8 nitrogen and oxygen atoms in total. The summed E-state index contributed by atoms with van der Waals surface area (Å²) < 4.78 is 1.86. The number of thioether (sulfide) groups is 1. The first-order valence-corrected chi connectivity index (χ1v) is 15.6. The van der Waals surface area contributed by atoms with E-state index in [1.807, 2.05) is 72.3 Å². The highest BCUT2D eigenvalue weighted by Crippen LogP contribution is 2.48. The second-order valence-electron chi connectivity index (χ2n) is 11.1. The number of rotatable bonds is 5. The van der Waals surface area contributed by atoms with Crippen LogP contribution >= 0.6 is 11.8 Å². The van der Waals surface area contributed by atoms with Crippen molar-refractivity contribution >= 4 is 35.3 Å². The van der Waals surface area contributed by atoms with Crippen molar-refractivity contribution < 1.29 is 14.4 Å². The zero-order valence-electron chi connectivity index (χ0n) is 24.7. The van der Waals surface area contributed by atoms with Crippen LogP contribution in [0.4, 0.5) is 5.82 Å². The first kappa shape index (κ1) is 28.7. The number of piperazine rings is 1. The number of hydrogen-bond acceptors (Lipinski definition) is 5. The van der Waals surface area contributed by atoms with Gasteiger partial charge in [0, 0.05) is 44.2 Å². The number of anilines is 1. The van der Waals surface area contributed by atoms with Crippen LogP contribution in [0.15, 0.2) is 78.9 Å². The van der Waals surface area contributed by atoms with E-state index in [0.717, 1.165) is 39.2 Å². The molecule has 6 rings (SSSR count). The summed E-state index contributed by atoms with van der Waals surface area (Å²) in [6, 6.07) is 26.4. The van der Waals surface area contributed by atoms with E-state index in [9.17, 15) is 14.4 Å². The Balaban J connectivity index is 1.53. The molecule has 0 radical (unpaired) electrons. The third-order valence-electron chi connectivity index (χ3n) is 8.20. The Morgan fingerprint density at radius 1 is 0.884 bits per heavy atom. The largest absolute Gasteiger partial charge is 0.339 e. The van der Waals surface area contributed by atoms with Crippen LogP contribution in [0.5, 0.6) is 0 Å². The standard InChI is InChI=1S/C34H35N5O3S/c1-23-10-9-14-27(20-23)33-31-32(26-12-5-4-6-13-26)35-39(28-15-8-7-11-24(28)2)34(31)38(30(42)22-43-33)21-29(41)37-18-16-36(17-19-37)25(3)40/h4-15,20,33H,16-19,21-22H2,1-3H3/t33-/m0/s1. The third-order valence-corrected chi connectivity index (χ3v) is 9.45. The molecule has 0 saturated carbocycles. The highest BCUT2D eigenvalue weighted by atomic mass is 32.2. The van der Waals surface area contributed by atoms with Gasteiger partial charge in [0.15, 0.2) is 0 Å². The van der Waals surface area contributed by atoms with E-state index >= 15 is 0 Å². The lowest BCUT2D eigenvalue weighted by Crippen LogP contribution is -2.53. The Morgan fingerprint density at radius 2 is 1.58 bits per heavy atom. The number of fused-ring (bicyclic) bond motifs is 1. The number of para-hydroxylation sites is 1. The second-order valence-corrected chi connectivity index (χ2v) is 12.2. The van der Waals surface area contributed by atoms with Crippen molar-refractivity contribution in [1.29, 1.82) is 0 Å². The minimum atomic E-state index is -0.175. The normalized spacial score (nSPS) is 17.0. The predicted molar refractivity (Wildman–Crippen MR) is 170 cm³/mol. The molecule has 1 aromatic heterocycles. The number of carbonyl (C=O) groups excluding carboxylic acids is 3. The first-order valence-electron chi connectivity index (χ1n) is 14.6. The van der Waals surface area contributed by atoms with Crippen molar-refractivity contribution in [2.75, 3.05) is 43.4 Å². The average molecular weight is 594 g/mol. The van der Waals surface area contributed by atoms with Gasteiger partial charge in [0.25, 0.3) is 0 Å². The monoisotopic (exact) mass is 593 g/mol. The smallest absolute Gasteiger partial charge is 0.242 e. The molecule has 0 spiro atoms. The van der Waals surface area contributed by atoms with Gasteiger partial charge in [-0.3, -0.25) is 19.3 Å². The SMILES string of the molecule is CC(=O)N1CCN(C(=O)CN2C(=O)CS[C@@H](c3cccc(C)c3)c3c(-c4ccccc4)nn(-c4ccccc4C)c32)CC1. The van der Waals surface area contributed by atoms with E-state index in [1.165, 1.54) is 0 Å². The number of benzene rings is 3. The summed E-state index contributed by atoms with van der Waals surface area (Å²) in [5, 5.41) is 5.03. The van der Waals surface area contributed by atoms with Crippen molar-refractivity contribution in [3.05, 3.63) is 101 Å². The van der Waals surface area contributed by atoms with Crippen molar-refractivity contribution in [2.45, 2.75) is 26.0 Å². The van der Waals surface area contributed by atoms with Crippen LogP contribution in [-0.4, -0.2) is 75.8 Å². The Morgan fingerprint density at radius 3 is 2.28 bits per heavy atom. The Labute approximate surface area is 256 Å². The van der Waals surface area contributed by atoms with E-state index in [2.05, 4.69) is 25.1 Å². The van der Waals surface area contributed by atoms with Crippen molar-refractivity contribution in [2.24, 2.45) is 0 Å². The number of aromatic nitrogens is 2. The average Bonchev–Trinajstić information content (AvgIpc) is 3.33. The van der Waals surface area contributed by atoms with Crippen LogP contribution in [0.25, 0.3) is 16.9 Å². The maximum absolute atomic E-state index is 14.0. The molecule has 2 aliphatic heterocycles. The number of carbonyl (C=O) groups is 3. The minimum Gasteiger partial charge on any atom is -0.339 e. The Kier molecular flexibility index (Phi) is 8.08. The molecule has 1 fully saturated rings. The van der Waals surface area contributed by atoms with Gasteiger partial charge in [0.1, 0.15) is 12.4 Å². The van der Waals surface area contributed by atoms with E-state index in [0.29, 0.717) is 32.0 Å². The highest BCUT2D eigenvalue weighted by molar-refractivity contribution is 8.00. The van der Waals surface area contributed by atoms with Gasteiger partial charge in [-0.05, 0) is 31.0 Å². The van der Waals surface area contributed by atoms with Gasteiger partial charge >= 0.3 is 0 Å². The summed E-state index contributed by atoms with van der Waals surface area (Å²) in [7, 11) is 0. The molecule has 9 heteroatoms. The molecule has 220 valence electrons. The van der Waals surface area contributed by atoms with E-state index in [-0.39, 0.29) is 35.3 Å². The molecule has 0 bridgehead atoms. The quantitative estimate of drug-likeness (QED) is 0.325. The fraction of sp³-hybridized carbons (Fsp3) is 0.294. The van der Waals surface area contributed by atoms with E-state index in [1.54, 1.807) is 33.4 Å². The van der Waals surface area contributed by atoms with Crippen molar-refractivity contribution in [3.8, 4) is 16.9 Å². The lowest BCUT2D eigenvalue weighted by atomic mass is 9.98. The summed E-state index contributed by atoms with van der Waals surface area (Å²) in [4.78, 5) is 44.8. The number of nitrogens with zero attached hydrogens (tertiary/aromatic N) is 5. The zero-order valence-corrected chi connectivity index (χ0v) is 25.5. The molecule has 0 aliphatic carbocycles. The molecular formula is C34H35N5O3S. The van der Waals surface area contributed by atoms with Crippen LogP contribution < -0.4 is 4.90 Å². The van der Waals surface area contributed by atoms with Crippen LogP contribution in [0.2, 0.25) is 0 Å². The molecule has 2 aliphatic rings. The first-order chi connectivity index (χ1) is 20.8. The van der Waals surface area contributed by atoms with Crippen LogP contribution in [-0.2, 0) is 14.4 Å². The Hall–Kier alpha value is -4.37. The topological polar surface area (TPSA) is 78.8 Å². The van der Waals surface area contributed by atoms with Crippen LogP contribution in [0.1, 0.15) is 34.4 Å². The molecule has 3 heterocycles. The summed E-state index contributed by atoms with van der Waals surface area (Å²) in [5.74, 6) is 0.590.